The number of fused-ring (bicyclic) bond motifs is 1. The van der Waals surface area contributed by atoms with Crippen molar-refractivity contribution in [1.29, 1.82) is 0 Å². The molecule has 8 nitrogen and oxygen atoms in total. The van der Waals surface area contributed by atoms with Crippen LogP contribution in [-0.2, 0) is 4.74 Å². The van der Waals surface area contributed by atoms with Crippen molar-refractivity contribution in [1.82, 2.24) is 19.5 Å². The number of nitrogens with one attached hydrogen (secondary N) is 1. The lowest BCUT2D eigenvalue weighted by Crippen LogP contribution is -2.21. The van der Waals surface area contributed by atoms with Gasteiger partial charge in [0, 0.05) is 11.5 Å². The fourth-order valence-electron chi connectivity index (χ4n) is 3.17. The SMILES string of the molecule is C[C@@H]1[C@@H](CO)OC(n2cnc3c(NC(=O)c4ccccc4)ncnc32)[C@@H]1F. The van der Waals surface area contributed by atoms with Crippen molar-refractivity contribution in [2.45, 2.75) is 25.4 Å². The Hall–Kier alpha value is -2.91. The number of carbonyl (C=O) groups is 1. The van der Waals surface area contributed by atoms with Gasteiger partial charge < -0.3 is 15.2 Å². The van der Waals surface area contributed by atoms with Crippen molar-refractivity contribution in [3.8, 4) is 0 Å². The number of aromatic nitrogens is 4. The van der Waals surface area contributed by atoms with Gasteiger partial charge in [-0.1, -0.05) is 25.1 Å². The number of imidazole rings is 1. The van der Waals surface area contributed by atoms with Gasteiger partial charge in [-0.2, -0.15) is 0 Å². The van der Waals surface area contributed by atoms with Crippen LogP contribution in [0.1, 0.15) is 23.5 Å². The third-order valence-electron chi connectivity index (χ3n) is 4.76. The second-order valence-electron chi connectivity index (χ2n) is 6.42. The number of aliphatic hydroxyl groups excluding tert-OH is 1. The van der Waals surface area contributed by atoms with E-state index in [1.165, 1.54) is 17.2 Å². The van der Waals surface area contributed by atoms with Crippen molar-refractivity contribution < 1.29 is 19.0 Å². The summed E-state index contributed by atoms with van der Waals surface area (Å²) in [6.07, 6.45) is -0.189. The maximum absolute atomic E-state index is 14.6. The minimum absolute atomic E-state index is 0.229. The summed E-state index contributed by atoms with van der Waals surface area (Å²) in [5.74, 6) is -0.566. The van der Waals surface area contributed by atoms with Gasteiger partial charge in [0.15, 0.2) is 29.4 Å². The second-order valence-corrected chi connectivity index (χ2v) is 6.42. The Morgan fingerprint density at radius 2 is 2.07 bits per heavy atom. The molecule has 3 heterocycles. The maximum Gasteiger partial charge on any atom is 0.256 e. The summed E-state index contributed by atoms with van der Waals surface area (Å²) in [6.45, 7) is 1.42. The summed E-state index contributed by atoms with van der Waals surface area (Å²) < 4.78 is 21.7. The van der Waals surface area contributed by atoms with Crippen LogP contribution in [0.5, 0.6) is 0 Å². The van der Waals surface area contributed by atoms with Crippen molar-refractivity contribution in [2.24, 2.45) is 5.92 Å². The number of anilines is 1. The van der Waals surface area contributed by atoms with Gasteiger partial charge in [-0.3, -0.25) is 9.36 Å². The Morgan fingerprint density at radius 1 is 1.30 bits per heavy atom. The summed E-state index contributed by atoms with van der Waals surface area (Å²) in [5, 5.41) is 12.0. The monoisotopic (exact) mass is 371 g/mol. The van der Waals surface area contributed by atoms with Gasteiger partial charge in [-0.25, -0.2) is 19.3 Å². The van der Waals surface area contributed by atoms with Crippen molar-refractivity contribution in [3.05, 3.63) is 48.5 Å². The molecule has 0 saturated carbocycles. The fourth-order valence-corrected chi connectivity index (χ4v) is 3.17. The van der Waals surface area contributed by atoms with E-state index in [1.54, 1.807) is 31.2 Å². The quantitative estimate of drug-likeness (QED) is 0.727. The van der Waals surface area contributed by atoms with Crippen molar-refractivity contribution in [2.75, 3.05) is 11.9 Å². The molecule has 1 unspecified atom stereocenters. The van der Waals surface area contributed by atoms with Crippen LogP contribution in [-0.4, -0.2) is 49.4 Å². The molecule has 140 valence electrons. The molecule has 4 atom stereocenters. The van der Waals surface area contributed by atoms with Crippen LogP contribution in [0.2, 0.25) is 0 Å². The number of hydrogen-bond donors (Lipinski definition) is 2. The van der Waals surface area contributed by atoms with Crippen LogP contribution in [0, 0.1) is 5.92 Å². The first-order chi connectivity index (χ1) is 13.1. The molecule has 0 radical (unpaired) electrons. The van der Waals surface area contributed by atoms with E-state index in [4.69, 9.17) is 4.74 Å². The predicted molar refractivity (Wildman–Crippen MR) is 94.8 cm³/mol. The molecule has 9 heteroatoms. The Labute approximate surface area is 154 Å². The van der Waals surface area contributed by atoms with Crippen LogP contribution in [0.25, 0.3) is 11.2 Å². The number of aliphatic hydroxyl groups is 1. The molecule has 4 rings (SSSR count). The van der Waals surface area contributed by atoms with Gasteiger partial charge >= 0.3 is 0 Å². The molecule has 2 N–H and O–H groups in total. The van der Waals surface area contributed by atoms with Crippen LogP contribution in [0.3, 0.4) is 0 Å². The second kappa shape index (κ2) is 7.01. The largest absolute Gasteiger partial charge is 0.394 e. The smallest absolute Gasteiger partial charge is 0.256 e. The number of nitrogens with zero attached hydrogens (tertiary/aromatic N) is 4. The highest BCUT2D eigenvalue weighted by molar-refractivity contribution is 6.06. The van der Waals surface area contributed by atoms with Crippen LogP contribution in [0.4, 0.5) is 10.2 Å². The molecule has 1 aliphatic heterocycles. The molecule has 2 aromatic heterocycles. The first-order valence-corrected chi connectivity index (χ1v) is 8.54. The predicted octanol–water partition coefficient (Wildman–Crippen LogP) is 1.94. The van der Waals surface area contributed by atoms with E-state index in [2.05, 4.69) is 20.3 Å². The zero-order valence-corrected chi connectivity index (χ0v) is 14.5. The highest BCUT2D eigenvalue weighted by Crippen LogP contribution is 2.37. The molecule has 27 heavy (non-hydrogen) atoms. The zero-order valence-electron chi connectivity index (χ0n) is 14.5. The number of amides is 1. The molecular formula is C18H18FN5O3. The summed E-state index contributed by atoms with van der Waals surface area (Å²) in [5.41, 5.74) is 1.15. The topological polar surface area (TPSA) is 102 Å². The van der Waals surface area contributed by atoms with Gasteiger partial charge in [-0.05, 0) is 12.1 Å². The Balaban J connectivity index is 1.65. The van der Waals surface area contributed by atoms with E-state index in [1.807, 2.05) is 6.07 Å². The molecule has 0 aliphatic carbocycles. The lowest BCUT2D eigenvalue weighted by atomic mass is 10.0. The molecule has 3 aromatic rings. The minimum Gasteiger partial charge on any atom is -0.394 e. The number of halogens is 1. The molecule has 1 amide bonds. The molecule has 1 saturated heterocycles. The first kappa shape index (κ1) is 17.5. The van der Waals surface area contributed by atoms with E-state index in [0.29, 0.717) is 16.7 Å². The van der Waals surface area contributed by atoms with E-state index < -0.39 is 24.4 Å². The van der Waals surface area contributed by atoms with Crippen molar-refractivity contribution in [3.63, 3.8) is 0 Å². The highest BCUT2D eigenvalue weighted by Gasteiger charge is 2.43. The molecular weight excluding hydrogens is 353 g/mol. The van der Waals surface area contributed by atoms with Gasteiger partial charge in [0.25, 0.3) is 5.91 Å². The van der Waals surface area contributed by atoms with Crippen LogP contribution >= 0.6 is 0 Å². The van der Waals surface area contributed by atoms with E-state index in [9.17, 15) is 14.3 Å². The highest BCUT2D eigenvalue weighted by atomic mass is 19.1. The average Bonchev–Trinajstić information content (AvgIpc) is 3.25. The Kier molecular flexibility index (Phi) is 4.54. The number of hydrogen-bond acceptors (Lipinski definition) is 6. The van der Waals surface area contributed by atoms with E-state index in [-0.39, 0.29) is 18.3 Å². The number of benzene rings is 1. The summed E-state index contributed by atoms with van der Waals surface area (Å²) in [4.78, 5) is 24.9. The summed E-state index contributed by atoms with van der Waals surface area (Å²) in [6, 6.07) is 8.70. The number of ether oxygens (including phenoxy) is 1. The summed E-state index contributed by atoms with van der Waals surface area (Å²) >= 11 is 0. The lowest BCUT2D eigenvalue weighted by Gasteiger charge is -2.15. The third kappa shape index (κ3) is 3.04. The molecule has 1 fully saturated rings. The van der Waals surface area contributed by atoms with Gasteiger partial charge in [0.05, 0.1) is 19.0 Å². The lowest BCUT2D eigenvalue weighted by molar-refractivity contribution is -0.0378. The molecule has 1 aliphatic rings. The Morgan fingerprint density at radius 3 is 2.78 bits per heavy atom. The van der Waals surface area contributed by atoms with Crippen molar-refractivity contribution >= 4 is 22.9 Å². The maximum atomic E-state index is 14.6. The normalized spacial score (nSPS) is 25.0. The summed E-state index contributed by atoms with van der Waals surface area (Å²) in [7, 11) is 0. The molecule has 0 bridgehead atoms. The van der Waals surface area contributed by atoms with Gasteiger partial charge in [0.1, 0.15) is 6.33 Å². The third-order valence-corrected chi connectivity index (χ3v) is 4.76. The minimum atomic E-state index is -1.32. The van der Waals surface area contributed by atoms with Crippen LogP contribution in [0.15, 0.2) is 43.0 Å². The molecule has 0 spiro atoms. The standard InChI is InChI=1S/C18H18FN5O3/c1-10-12(7-25)27-18(13(10)19)24-9-22-14-15(20-8-21-16(14)24)23-17(26)11-5-3-2-4-6-11/h2-6,8-10,12-13,18,25H,7H2,1H3,(H,20,21,23,26)/t10-,12-,13-,18?/m1/s1. The first-order valence-electron chi connectivity index (χ1n) is 8.54. The van der Waals surface area contributed by atoms with E-state index >= 15 is 0 Å². The Bertz CT molecular complexity index is 964. The number of rotatable bonds is 4. The fraction of sp³-hybridized carbons (Fsp3) is 0.333. The van der Waals surface area contributed by atoms with Crippen LogP contribution < -0.4 is 5.32 Å². The van der Waals surface area contributed by atoms with Gasteiger partial charge in [0.2, 0.25) is 0 Å². The number of carbonyl (C=O) groups excluding carboxylic acids is 1. The number of alkyl halides is 1. The van der Waals surface area contributed by atoms with E-state index in [0.717, 1.165) is 0 Å². The van der Waals surface area contributed by atoms with Gasteiger partial charge in [-0.15, -0.1) is 0 Å². The molecule has 1 aromatic carbocycles. The zero-order chi connectivity index (χ0) is 19.0. The average molecular weight is 371 g/mol.